The van der Waals surface area contributed by atoms with E-state index in [1.165, 1.54) is 4.90 Å². The highest BCUT2D eigenvalue weighted by atomic mass is 32.2. The van der Waals surface area contributed by atoms with E-state index in [0.29, 0.717) is 44.6 Å². The SMILES string of the molecule is CC[C@@H]1C[C@@H](C)CC/C=C\C2C[C@@]2(C(=O)NS(=O)(=O)C2(C)CC2)NC(=O)[C@@H]2C[C@@H](Oc3nccc4c5c(ccc34)CCO5)CN2C(=O)[C@H]1NC(=O)OC(C)(C)C. The predicted octanol–water partition coefficient (Wildman–Crippen LogP) is 4.69. The van der Waals surface area contributed by atoms with Crippen molar-refractivity contribution in [3.8, 4) is 11.6 Å². The van der Waals surface area contributed by atoms with Crippen LogP contribution in [0.3, 0.4) is 0 Å². The van der Waals surface area contributed by atoms with Crippen molar-refractivity contribution in [3.05, 3.63) is 42.1 Å². The van der Waals surface area contributed by atoms with Gasteiger partial charge in [0.15, 0.2) is 0 Å². The van der Waals surface area contributed by atoms with E-state index in [4.69, 9.17) is 14.2 Å². The quantitative estimate of drug-likeness (QED) is 0.333. The first kappa shape index (κ1) is 39.8. The van der Waals surface area contributed by atoms with Crippen LogP contribution in [-0.2, 0) is 35.6 Å². The molecule has 1 aromatic heterocycles. The summed E-state index contributed by atoms with van der Waals surface area (Å²) in [6.07, 6.45) is 8.66. The molecule has 0 bridgehead atoms. The van der Waals surface area contributed by atoms with E-state index in [2.05, 4.69) is 27.3 Å². The van der Waals surface area contributed by atoms with Crippen molar-refractivity contribution >= 4 is 44.6 Å². The van der Waals surface area contributed by atoms with Crippen LogP contribution in [-0.4, -0.2) is 89.3 Å². The molecule has 1 aromatic carbocycles. The summed E-state index contributed by atoms with van der Waals surface area (Å²) in [5.74, 6) is -1.34. The van der Waals surface area contributed by atoms with E-state index in [1.54, 1.807) is 33.9 Å². The Morgan fingerprint density at radius 3 is 2.61 bits per heavy atom. The molecule has 2 saturated carbocycles. The molecule has 2 aromatic rings. The number of ether oxygens (including phenoxy) is 3. The lowest BCUT2D eigenvalue weighted by Crippen LogP contribution is -2.59. The summed E-state index contributed by atoms with van der Waals surface area (Å²) in [5.41, 5.74) is -1.25. The number of amides is 4. The van der Waals surface area contributed by atoms with Crippen LogP contribution < -0.4 is 24.8 Å². The number of nitrogens with one attached hydrogen (secondary N) is 3. The van der Waals surface area contributed by atoms with Crippen LogP contribution >= 0.6 is 0 Å². The molecule has 3 aliphatic heterocycles. The average molecular weight is 794 g/mol. The molecule has 1 unspecified atom stereocenters. The second-order valence-electron chi connectivity index (χ2n) is 17.6. The van der Waals surface area contributed by atoms with Crippen LogP contribution in [0.5, 0.6) is 11.6 Å². The predicted molar refractivity (Wildman–Crippen MR) is 208 cm³/mol. The first-order valence-corrected chi connectivity index (χ1v) is 21.5. The molecule has 2 aliphatic carbocycles. The zero-order valence-corrected chi connectivity index (χ0v) is 34.0. The minimum Gasteiger partial charge on any atom is -0.492 e. The van der Waals surface area contributed by atoms with Gasteiger partial charge >= 0.3 is 6.09 Å². The highest BCUT2D eigenvalue weighted by Gasteiger charge is 2.63. The van der Waals surface area contributed by atoms with Crippen molar-refractivity contribution in [3.63, 3.8) is 0 Å². The van der Waals surface area contributed by atoms with Crippen LogP contribution in [0.25, 0.3) is 10.8 Å². The van der Waals surface area contributed by atoms with Crippen LogP contribution in [0.4, 0.5) is 4.79 Å². The molecule has 15 heteroatoms. The molecule has 4 heterocycles. The number of hydrogen-bond donors (Lipinski definition) is 3. The van der Waals surface area contributed by atoms with Gasteiger partial charge in [0.25, 0.3) is 5.91 Å². The van der Waals surface area contributed by atoms with Crippen molar-refractivity contribution in [1.82, 2.24) is 25.2 Å². The van der Waals surface area contributed by atoms with Gasteiger partial charge in [-0.25, -0.2) is 18.2 Å². The van der Waals surface area contributed by atoms with E-state index in [0.717, 1.165) is 34.9 Å². The van der Waals surface area contributed by atoms with Gasteiger partial charge in [0.1, 0.15) is 35.1 Å². The fourth-order valence-electron chi connectivity index (χ4n) is 8.38. The van der Waals surface area contributed by atoms with Crippen molar-refractivity contribution in [1.29, 1.82) is 0 Å². The van der Waals surface area contributed by atoms with E-state index in [1.807, 2.05) is 37.3 Å². The number of sulfonamides is 1. The van der Waals surface area contributed by atoms with Gasteiger partial charge in [0.05, 0.1) is 17.9 Å². The molecule has 3 fully saturated rings. The Hall–Kier alpha value is -4.40. The maximum atomic E-state index is 15.0. The summed E-state index contributed by atoms with van der Waals surface area (Å²) in [5, 5.41) is 7.38. The third kappa shape index (κ3) is 7.92. The average Bonchev–Trinajstić information content (AvgIpc) is 3.91. The fraction of sp³-hybridized carbons (Fsp3) is 0.634. The molecule has 1 saturated heterocycles. The summed E-state index contributed by atoms with van der Waals surface area (Å²) in [6, 6.07) is 3.64. The van der Waals surface area contributed by atoms with Gasteiger partial charge in [-0.1, -0.05) is 38.5 Å². The van der Waals surface area contributed by atoms with Gasteiger partial charge in [-0.05, 0) is 95.8 Å². The molecule has 3 N–H and O–H groups in total. The molecule has 0 radical (unpaired) electrons. The standard InChI is InChI=1S/C41H55N5O9S/c1-7-25-20-24(2)10-8-9-11-27-22-41(27,37(49)45-56(51,52)40(6)16-17-40)44-34(47)31-21-28(23-46(31)36(48)32(25)43-38(50)55-39(3,4)5)54-35-30-13-12-26-15-19-53-33(26)29(30)14-18-42-35/h9,11-14,18,24-25,27-28,31-32H,7-8,10,15-17,19-23H2,1-6H3,(H,43,50)(H,44,47)(H,45,49)/b11-9-/t24-,25+,27?,28+,31-,32-,41+/m0/s1. The lowest BCUT2D eigenvalue weighted by molar-refractivity contribution is -0.142. The minimum atomic E-state index is -4.00. The number of carbonyl (C=O) groups is 4. The number of rotatable bonds is 7. The van der Waals surface area contributed by atoms with Gasteiger partial charge < -0.3 is 29.7 Å². The number of alkyl carbamates (subject to hydrolysis) is 1. The van der Waals surface area contributed by atoms with Gasteiger partial charge in [0, 0.05) is 35.7 Å². The summed E-state index contributed by atoms with van der Waals surface area (Å²) in [6.45, 7) is 11.5. The normalized spacial score (nSPS) is 30.6. The summed E-state index contributed by atoms with van der Waals surface area (Å²) < 4.78 is 45.8. The Balaban J connectivity index is 1.24. The summed E-state index contributed by atoms with van der Waals surface area (Å²) >= 11 is 0. The van der Waals surface area contributed by atoms with Crippen molar-refractivity contribution in [2.24, 2.45) is 17.8 Å². The zero-order valence-electron chi connectivity index (χ0n) is 33.2. The second kappa shape index (κ2) is 14.8. The molecule has 5 aliphatic rings. The number of aromatic nitrogens is 1. The Labute approximate surface area is 328 Å². The Morgan fingerprint density at radius 1 is 1.12 bits per heavy atom. The lowest BCUT2D eigenvalue weighted by Gasteiger charge is -2.34. The number of hydrogen-bond acceptors (Lipinski definition) is 10. The topological polar surface area (TPSA) is 182 Å². The van der Waals surface area contributed by atoms with Crippen molar-refractivity contribution < 1.29 is 41.8 Å². The maximum Gasteiger partial charge on any atom is 0.408 e. The first-order chi connectivity index (χ1) is 26.4. The zero-order chi connectivity index (χ0) is 40.2. The number of benzene rings is 1. The largest absolute Gasteiger partial charge is 0.492 e. The van der Waals surface area contributed by atoms with Crippen LogP contribution in [0.15, 0.2) is 36.5 Å². The highest BCUT2D eigenvalue weighted by Crippen LogP contribution is 2.48. The van der Waals surface area contributed by atoms with Gasteiger partial charge in [-0.15, -0.1) is 0 Å². The van der Waals surface area contributed by atoms with Crippen LogP contribution in [0.2, 0.25) is 0 Å². The summed E-state index contributed by atoms with van der Waals surface area (Å²) in [7, 11) is -4.00. The molecule has 0 spiro atoms. The van der Waals surface area contributed by atoms with Crippen molar-refractivity contribution in [2.75, 3.05) is 13.2 Å². The number of fused-ring (bicyclic) bond motifs is 5. The fourth-order valence-corrected chi connectivity index (χ4v) is 9.69. The molecule has 4 amide bonds. The molecule has 56 heavy (non-hydrogen) atoms. The number of pyridine rings is 1. The molecule has 304 valence electrons. The first-order valence-electron chi connectivity index (χ1n) is 20.0. The number of allylic oxidation sites excluding steroid dienone is 1. The van der Waals surface area contributed by atoms with Gasteiger partial charge in [0.2, 0.25) is 27.7 Å². The van der Waals surface area contributed by atoms with Gasteiger partial charge in [-0.2, -0.15) is 0 Å². The molecule has 7 rings (SSSR count). The Kier molecular flexibility index (Phi) is 10.5. The Bertz CT molecular complexity index is 2040. The van der Waals surface area contributed by atoms with E-state index >= 15 is 0 Å². The van der Waals surface area contributed by atoms with E-state index < -0.39 is 73.8 Å². The van der Waals surface area contributed by atoms with Crippen molar-refractivity contribution in [2.45, 2.75) is 133 Å². The third-order valence-electron chi connectivity index (χ3n) is 12.1. The molecular weight excluding hydrogens is 739 g/mol. The lowest BCUT2D eigenvalue weighted by atomic mass is 9.85. The molecule has 7 atom stereocenters. The monoisotopic (exact) mass is 793 g/mol. The van der Waals surface area contributed by atoms with E-state index in [-0.39, 0.29) is 31.2 Å². The van der Waals surface area contributed by atoms with Gasteiger partial charge in [-0.3, -0.25) is 19.1 Å². The minimum absolute atomic E-state index is 0.00975. The number of carbonyl (C=O) groups excluding carboxylic acids is 4. The highest BCUT2D eigenvalue weighted by molar-refractivity contribution is 7.91. The summed E-state index contributed by atoms with van der Waals surface area (Å²) in [4.78, 5) is 62.8. The van der Waals surface area contributed by atoms with Crippen LogP contribution in [0.1, 0.15) is 98.5 Å². The molecular formula is C41H55N5O9S. The molecule has 14 nitrogen and oxygen atoms in total. The maximum absolute atomic E-state index is 15.0. The number of nitrogens with zero attached hydrogens (tertiary/aromatic N) is 2. The Morgan fingerprint density at radius 2 is 1.89 bits per heavy atom. The second-order valence-corrected chi connectivity index (χ2v) is 19.8. The van der Waals surface area contributed by atoms with E-state index in [9.17, 15) is 27.6 Å². The third-order valence-corrected chi connectivity index (χ3v) is 14.3. The smallest absolute Gasteiger partial charge is 0.408 e. The van der Waals surface area contributed by atoms with Crippen LogP contribution in [0, 0.1) is 17.8 Å².